The van der Waals surface area contributed by atoms with Gasteiger partial charge in [0, 0.05) is 24.6 Å². The lowest BCUT2D eigenvalue weighted by Crippen LogP contribution is -2.53. The van der Waals surface area contributed by atoms with Crippen LogP contribution in [-0.2, 0) is 11.3 Å². The molecule has 2 heterocycles. The molecule has 0 amide bonds. The standard InChI is InChI=1S/C30H33F2NO2/c1-22-30(34-21-25-7-2-3-13-29(25)35-22)14-17-33(18-15-30)16-6-12-28(23-8-4-10-26(31)19-23)24-9-5-11-27(32)20-24/h2-5,7-11,13,19-20,22,28H,6,12,14-18,21H2,1H3. The smallest absolute Gasteiger partial charge is 0.125 e. The van der Waals surface area contributed by atoms with E-state index in [1.54, 1.807) is 24.3 Å². The molecule has 0 aliphatic carbocycles. The molecule has 3 nitrogen and oxygen atoms in total. The second-order valence-corrected chi connectivity index (χ2v) is 9.87. The number of piperidine rings is 1. The summed E-state index contributed by atoms with van der Waals surface area (Å²) in [6, 6.07) is 21.5. The lowest BCUT2D eigenvalue weighted by molar-refractivity contribution is -0.136. The Hall–Kier alpha value is -2.76. The maximum atomic E-state index is 14.0. The highest BCUT2D eigenvalue weighted by atomic mass is 19.1. The first-order chi connectivity index (χ1) is 17.0. The number of ether oxygens (including phenoxy) is 2. The van der Waals surface area contributed by atoms with Gasteiger partial charge in [0.1, 0.15) is 29.1 Å². The number of benzene rings is 3. The Morgan fingerprint density at radius 2 is 1.57 bits per heavy atom. The van der Waals surface area contributed by atoms with Gasteiger partial charge in [-0.25, -0.2) is 8.78 Å². The van der Waals surface area contributed by atoms with Gasteiger partial charge in [0.25, 0.3) is 0 Å². The Morgan fingerprint density at radius 3 is 2.23 bits per heavy atom. The quantitative estimate of drug-likeness (QED) is 0.394. The van der Waals surface area contributed by atoms with Crippen molar-refractivity contribution in [2.45, 2.75) is 56.8 Å². The van der Waals surface area contributed by atoms with Gasteiger partial charge in [-0.1, -0.05) is 42.5 Å². The second-order valence-electron chi connectivity index (χ2n) is 9.87. The van der Waals surface area contributed by atoms with E-state index in [-0.39, 0.29) is 29.3 Å². The molecule has 35 heavy (non-hydrogen) atoms. The van der Waals surface area contributed by atoms with Crippen molar-refractivity contribution < 1.29 is 18.3 Å². The van der Waals surface area contributed by atoms with Gasteiger partial charge in [0.2, 0.25) is 0 Å². The van der Waals surface area contributed by atoms with Gasteiger partial charge in [-0.15, -0.1) is 0 Å². The number of hydrogen-bond acceptors (Lipinski definition) is 3. The molecule has 0 saturated carbocycles. The number of likely N-dealkylation sites (tertiary alicyclic amines) is 1. The van der Waals surface area contributed by atoms with E-state index in [1.165, 1.54) is 12.1 Å². The summed E-state index contributed by atoms with van der Waals surface area (Å²) in [5.41, 5.74) is 2.64. The molecule has 0 bridgehead atoms. The van der Waals surface area contributed by atoms with Crippen LogP contribution in [0.3, 0.4) is 0 Å². The minimum Gasteiger partial charge on any atom is -0.487 e. The summed E-state index contributed by atoms with van der Waals surface area (Å²) in [5, 5.41) is 0. The first-order valence-electron chi connectivity index (χ1n) is 12.6. The van der Waals surface area contributed by atoms with Crippen molar-refractivity contribution >= 4 is 0 Å². The van der Waals surface area contributed by atoms with Crippen molar-refractivity contribution in [2.75, 3.05) is 19.6 Å². The number of hydrogen-bond donors (Lipinski definition) is 0. The summed E-state index contributed by atoms with van der Waals surface area (Å²) in [7, 11) is 0. The zero-order chi connectivity index (χ0) is 24.3. The van der Waals surface area contributed by atoms with Crippen LogP contribution in [0.1, 0.15) is 55.2 Å². The van der Waals surface area contributed by atoms with E-state index in [1.807, 2.05) is 30.3 Å². The van der Waals surface area contributed by atoms with Crippen LogP contribution in [0.4, 0.5) is 8.78 Å². The molecule has 2 aliphatic heterocycles. The van der Waals surface area contributed by atoms with Crippen LogP contribution in [-0.4, -0.2) is 36.2 Å². The summed E-state index contributed by atoms with van der Waals surface area (Å²) in [6.45, 7) is 5.57. The van der Waals surface area contributed by atoms with Crippen molar-refractivity contribution in [2.24, 2.45) is 0 Å². The van der Waals surface area contributed by atoms with Gasteiger partial charge in [-0.2, -0.15) is 0 Å². The van der Waals surface area contributed by atoms with Crippen molar-refractivity contribution in [3.8, 4) is 5.75 Å². The van der Waals surface area contributed by atoms with E-state index < -0.39 is 0 Å². The fraction of sp³-hybridized carbons (Fsp3) is 0.400. The molecule has 1 saturated heterocycles. The summed E-state index contributed by atoms with van der Waals surface area (Å²) >= 11 is 0. The molecule has 0 N–H and O–H groups in total. The lowest BCUT2D eigenvalue weighted by Gasteiger charge is -2.43. The van der Waals surface area contributed by atoms with Gasteiger partial charge >= 0.3 is 0 Å². The molecule has 2 aliphatic rings. The molecule has 1 atom stereocenters. The monoisotopic (exact) mass is 477 g/mol. The van der Waals surface area contributed by atoms with Crippen molar-refractivity contribution in [1.82, 2.24) is 4.90 Å². The van der Waals surface area contributed by atoms with Crippen LogP contribution in [0, 0.1) is 11.6 Å². The minimum atomic E-state index is -0.263. The van der Waals surface area contributed by atoms with Crippen LogP contribution in [0.5, 0.6) is 5.75 Å². The Bertz CT molecular complexity index is 1100. The molecule has 5 rings (SSSR count). The topological polar surface area (TPSA) is 21.7 Å². The van der Waals surface area contributed by atoms with E-state index in [0.717, 1.165) is 67.8 Å². The second kappa shape index (κ2) is 10.5. The largest absolute Gasteiger partial charge is 0.487 e. The fourth-order valence-electron chi connectivity index (χ4n) is 5.57. The molecule has 5 heteroatoms. The Labute approximate surface area is 206 Å². The molecule has 1 fully saturated rings. The highest BCUT2D eigenvalue weighted by molar-refractivity contribution is 5.34. The highest BCUT2D eigenvalue weighted by Gasteiger charge is 2.43. The first kappa shape index (κ1) is 24.0. The molecule has 3 aromatic rings. The molecule has 1 unspecified atom stereocenters. The summed E-state index contributed by atoms with van der Waals surface area (Å²) < 4.78 is 40.7. The summed E-state index contributed by atoms with van der Waals surface area (Å²) in [4.78, 5) is 2.48. The Kier molecular flexibility index (Phi) is 7.17. The number of rotatable bonds is 6. The van der Waals surface area contributed by atoms with Crippen LogP contribution in [0.15, 0.2) is 72.8 Å². The van der Waals surface area contributed by atoms with Gasteiger partial charge in [0.05, 0.1) is 6.61 Å². The van der Waals surface area contributed by atoms with Crippen LogP contribution >= 0.6 is 0 Å². The zero-order valence-corrected chi connectivity index (χ0v) is 20.3. The van der Waals surface area contributed by atoms with E-state index in [0.29, 0.717) is 6.61 Å². The average Bonchev–Trinajstić information content (AvgIpc) is 2.99. The molecule has 0 aromatic heterocycles. The number of halogens is 2. The van der Waals surface area contributed by atoms with Crippen LogP contribution in [0.25, 0.3) is 0 Å². The van der Waals surface area contributed by atoms with Crippen molar-refractivity contribution in [3.05, 3.63) is 101 Å². The predicted octanol–water partition coefficient (Wildman–Crippen LogP) is 6.71. The number of para-hydroxylation sites is 1. The van der Waals surface area contributed by atoms with E-state index >= 15 is 0 Å². The van der Waals surface area contributed by atoms with E-state index in [2.05, 4.69) is 17.9 Å². The van der Waals surface area contributed by atoms with E-state index in [4.69, 9.17) is 9.47 Å². The highest BCUT2D eigenvalue weighted by Crippen LogP contribution is 2.38. The third-order valence-electron chi connectivity index (χ3n) is 7.70. The average molecular weight is 478 g/mol. The zero-order valence-electron chi connectivity index (χ0n) is 20.3. The number of fused-ring (bicyclic) bond motifs is 1. The lowest BCUT2D eigenvalue weighted by atomic mass is 9.85. The molecular formula is C30H33F2NO2. The molecule has 0 radical (unpaired) electrons. The molecular weight excluding hydrogens is 444 g/mol. The third kappa shape index (κ3) is 5.41. The predicted molar refractivity (Wildman–Crippen MR) is 134 cm³/mol. The minimum absolute atomic E-state index is 0.00126. The Morgan fingerprint density at radius 1 is 0.914 bits per heavy atom. The normalized spacial score (nSPS) is 19.8. The first-order valence-corrected chi connectivity index (χ1v) is 12.6. The Balaban J connectivity index is 1.19. The summed E-state index contributed by atoms with van der Waals surface area (Å²) in [6.07, 6.45) is 3.64. The van der Waals surface area contributed by atoms with Gasteiger partial charge in [-0.05, 0) is 80.6 Å². The van der Waals surface area contributed by atoms with Crippen LogP contribution < -0.4 is 4.74 Å². The fourth-order valence-corrected chi connectivity index (χ4v) is 5.57. The maximum absolute atomic E-state index is 14.0. The molecule has 3 aromatic carbocycles. The van der Waals surface area contributed by atoms with Crippen molar-refractivity contribution in [1.29, 1.82) is 0 Å². The van der Waals surface area contributed by atoms with Gasteiger partial charge < -0.3 is 14.4 Å². The van der Waals surface area contributed by atoms with Gasteiger partial charge in [-0.3, -0.25) is 0 Å². The van der Waals surface area contributed by atoms with Crippen LogP contribution in [0.2, 0.25) is 0 Å². The van der Waals surface area contributed by atoms with Crippen molar-refractivity contribution in [3.63, 3.8) is 0 Å². The summed E-state index contributed by atoms with van der Waals surface area (Å²) in [5.74, 6) is 0.383. The van der Waals surface area contributed by atoms with Gasteiger partial charge in [0.15, 0.2) is 0 Å². The third-order valence-corrected chi connectivity index (χ3v) is 7.70. The SMILES string of the molecule is CC1Oc2ccccc2COC12CCN(CCCC(c1cccc(F)c1)c1cccc(F)c1)CC2. The molecule has 184 valence electrons. The molecule has 1 spiro atoms. The maximum Gasteiger partial charge on any atom is 0.125 e. The van der Waals surface area contributed by atoms with E-state index in [9.17, 15) is 8.78 Å². The number of nitrogens with zero attached hydrogens (tertiary/aromatic N) is 1.